The number of aliphatic carboxylic acids is 1. The topological polar surface area (TPSA) is 95.0 Å². The van der Waals surface area contributed by atoms with Crippen molar-refractivity contribution < 1.29 is 23.1 Å². The van der Waals surface area contributed by atoms with E-state index in [0.717, 1.165) is 19.3 Å². The normalized spacial score (nSPS) is 26.9. The Morgan fingerprint density at radius 1 is 1.19 bits per heavy atom. The van der Waals surface area contributed by atoms with Crippen molar-refractivity contribution in [3.05, 3.63) is 29.8 Å². The lowest BCUT2D eigenvalue weighted by Gasteiger charge is -2.33. The molecule has 8 heteroatoms. The van der Waals surface area contributed by atoms with Crippen molar-refractivity contribution in [2.24, 2.45) is 0 Å². The van der Waals surface area contributed by atoms with Gasteiger partial charge in [0.2, 0.25) is 10.0 Å². The molecule has 2 aliphatic rings. The highest BCUT2D eigenvalue weighted by Gasteiger charge is 2.46. The van der Waals surface area contributed by atoms with Crippen LogP contribution in [-0.2, 0) is 14.8 Å². The number of carboxylic acid groups (broad SMARTS) is 1. The van der Waals surface area contributed by atoms with Gasteiger partial charge in [0, 0.05) is 24.7 Å². The van der Waals surface area contributed by atoms with E-state index < -0.39 is 27.4 Å². The summed E-state index contributed by atoms with van der Waals surface area (Å²) in [7, 11) is -3.69. The SMILES string of the molecule is CC1CCCCN1S(=O)(=O)c1cccc(C(=O)N2CCCC2(C)C(=O)O)c1. The quantitative estimate of drug-likeness (QED) is 0.846. The van der Waals surface area contributed by atoms with Gasteiger partial charge in [0.05, 0.1) is 4.90 Å². The Morgan fingerprint density at radius 3 is 2.59 bits per heavy atom. The number of nitrogens with zero attached hydrogens (tertiary/aromatic N) is 2. The van der Waals surface area contributed by atoms with E-state index in [9.17, 15) is 23.1 Å². The van der Waals surface area contributed by atoms with Gasteiger partial charge in [-0.3, -0.25) is 4.79 Å². The lowest BCUT2D eigenvalue weighted by atomic mass is 9.98. The lowest BCUT2D eigenvalue weighted by Crippen LogP contribution is -2.50. The molecule has 2 heterocycles. The molecular formula is C19H26N2O5S. The number of benzene rings is 1. The van der Waals surface area contributed by atoms with Crippen molar-refractivity contribution in [1.82, 2.24) is 9.21 Å². The fourth-order valence-corrected chi connectivity index (χ4v) is 5.77. The predicted octanol–water partition coefficient (Wildman–Crippen LogP) is 2.33. The number of piperidine rings is 1. The Kier molecular flexibility index (Phi) is 5.31. The van der Waals surface area contributed by atoms with Crippen LogP contribution in [0.2, 0.25) is 0 Å². The standard InChI is InChI=1S/C19H26N2O5S/c1-14-7-3-4-12-21(14)27(25,26)16-9-5-8-15(13-16)17(22)20-11-6-10-19(20,2)18(23)24/h5,8-9,13-14H,3-4,6-7,10-12H2,1-2H3,(H,23,24). The minimum absolute atomic E-state index is 0.0722. The number of hydrogen-bond acceptors (Lipinski definition) is 4. The van der Waals surface area contributed by atoms with Crippen molar-refractivity contribution in [3.63, 3.8) is 0 Å². The molecule has 1 amide bonds. The van der Waals surface area contributed by atoms with Crippen molar-refractivity contribution >= 4 is 21.9 Å². The molecule has 27 heavy (non-hydrogen) atoms. The van der Waals surface area contributed by atoms with E-state index in [1.807, 2.05) is 6.92 Å². The molecule has 1 aromatic carbocycles. The highest BCUT2D eigenvalue weighted by Crippen LogP contribution is 2.32. The van der Waals surface area contributed by atoms with E-state index in [1.165, 1.54) is 28.3 Å². The van der Waals surface area contributed by atoms with Gasteiger partial charge in [-0.05, 0) is 57.7 Å². The van der Waals surface area contributed by atoms with Gasteiger partial charge in [-0.25, -0.2) is 13.2 Å². The van der Waals surface area contributed by atoms with Gasteiger partial charge in [-0.15, -0.1) is 0 Å². The first kappa shape index (κ1) is 19.8. The Hall–Kier alpha value is -1.93. The van der Waals surface area contributed by atoms with Crippen LogP contribution in [0, 0.1) is 0 Å². The first-order chi connectivity index (χ1) is 12.7. The van der Waals surface area contributed by atoms with Crippen LogP contribution < -0.4 is 0 Å². The first-order valence-corrected chi connectivity index (χ1v) is 10.8. The van der Waals surface area contributed by atoms with E-state index in [2.05, 4.69) is 0 Å². The molecule has 2 fully saturated rings. The van der Waals surface area contributed by atoms with Gasteiger partial charge in [-0.2, -0.15) is 4.31 Å². The maximum Gasteiger partial charge on any atom is 0.329 e. The molecule has 2 aliphatic heterocycles. The molecule has 0 aromatic heterocycles. The Bertz CT molecular complexity index is 853. The fraction of sp³-hybridized carbons (Fsp3) is 0.579. The zero-order valence-corrected chi connectivity index (χ0v) is 16.5. The van der Waals surface area contributed by atoms with E-state index >= 15 is 0 Å². The summed E-state index contributed by atoms with van der Waals surface area (Å²) in [5.74, 6) is -1.49. The molecule has 7 nitrogen and oxygen atoms in total. The van der Waals surface area contributed by atoms with Gasteiger partial charge >= 0.3 is 5.97 Å². The van der Waals surface area contributed by atoms with Crippen LogP contribution in [0.3, 0.4) is 0 Å². The van der Waals surface area contributed by atoms with Gasteiger partial charge in [0.15, 0.2) is 0 Å². The third kappa shape index (κ3) is 3.48. The number of rotatable bonds is 4. The molecule has 2 atom stereocenters. The molecule has 3 rings (SSSR count). The smallest absolute Gasteiger partial charge is 0.329 e. The second-order valence-corrected chi connectivity index (χ2v) is 9.52. The summed E-state index contributed by atoms with van der Waals surface area (Å²) in [6.45, 7) is 4.26. The van der Waals surface area contributed by atoms with E-state index in [1.54, 1.807) is 12.1 Å². The lowest BCUT2D eigenvalue weighted by molar-refractivity contribution is -0.147. The maximum atomic E-state index is 13.0. The average molecular weight is 394 g/mol. The van der Waals surface area contributed by atoms with Crippen molar-refractivity contribution in [3.8, 4) is 0 Å². The van der Waals surface area contributed by atoms with Crippen LogP contribution in [0.25, 0.3) is 0 Å². The molecule has 1 aromatic rings. The molecule has 148 valence electrons. The molecule has 0 aliphatic carbocycles. The van der Waals surface area contributed by atoms with E-state index in [0.29, 0.717) is 25.9 Å². The van der Waals surface area contributed by atoms with E-state index in [-0.39, 0.29) is 16.5 Å². The summed E-state index contributed by atoms with van der Waals surface area (Å²) in [5.41, 5.74) is -1.05. The number of carbonyl (C=O) groups is 2. The average Bonchev–Trinajstić information content (AvgIpc) is 3.04. The molecule has 0 radical (unpaired) electrons. The third-order valence-corrected chi connectivity index (χ3v) is 7.79. The summed E-state index contributed by atoms with van der Waals surface area (Å²) in [6.07, 6.45) is 3.65. The van der Waals surface area contributed by atoms with Gasteiger partial charge in [0.1, 0.15) is 5.54 Å². The Labute approximate surface area is 160 Å². The van der Waals surface area contributed by atoms with Crippen LogP contribution in [0.4, 0.5) is 0 Å². The number of carboxylic acids is 1. The van der Waals surface area contributed by atoms with Crippen molar-refractivity contribution in [2.75, 3.05) is 13.1 Å². The third-order valence-electron chi connectivity index (χ3n) is 5.78. The summed E-state index contributed by atoms with van der Waals surface area (Å²) in [6, 6.07) is 5.88. The Morgan fingerprint density at radius 2 is 1.93 bits per heavy atom. The number of amides is 1. The largest absolute Gasteiger partial charge is 0.480 e. The van der Waals surface area contributed by atoms with Crippen LogP contribution in [0.15, 0.2) is 29.2 Å². The molecule has 1 N–H and O–H groups in total. The van der Waals surface area contributed by atoms with Gasteiger partial charge in [-0.1, -0.05) is 12.5 Å². The predicted molar refractivity (Wildman–Crippen MR) is 100.0 cm³/mol. The van der Waals surface area contributed by atoms with Crippen LogP contribution in [0.1, 0.15) is 56.3 Å². The van der Waals surface area contributed by atoms with Crippen LogP contribution in [-0.4, -0.2) is 59.3 Å². The Balaban J connectivity index is 1.92. The maximum absolute atomic E-state index is 13.0. The molecule has 2 unspecified atom stereocenters. The minimum atomic E-state index is -3.69. The fourth-order valence-electron chi connectivity index (χ4n) is 4.02. The van der Waals surface area contributed by atoms with Gasteiger partial charge < -0.3 is 10.0 Å². The first-order valence-electron chi connectivity index (χ1n) is 9.35. The second kappa shape index (κ2) is 7.24. The molecule has 2 saturated heterocycles. The van der Waals surface area contributed by atoms with Crippen molar-refractivity contribution in [1.29, 1.82) is 0 Å². The number of likely N-dealkylation sites (tertiary alicyclic amines) is 1. The highest BCUT2D eigenvalue weighted by atomic mass is 32.2. The summed E-state index contributed by atoms with van der Waals surface area (Å²) < 4.78 is 27.6. The van der Waals surface area contributed by atoms with Crippen molar-refractivity contribution in [2.45, 2.75) is 62.4 Å². The van der Waals surface area contributed by atoms with Gasteiger partial charge in [0.25, 0.3) is 5.91 Å². The highest BCUT2D eigenvalue weighted by molar-refractivity contribution is 7.89. The monoisotopic (exact) mass is 394 g/mol. The summed E-state index contributed by atoms with van der Waals surface area (Å²) in [5, 5.41) is 9.53. The van der Waals surface area contributed by atoms with E-state index in [4.69, 9.17) is 0 Å². The van der Waals surface area contributed by atoms with Crippen LogP contribution >= 0.6 is 0 Å². The minimum Gasteiger partial charge on any atom is -0.480 e. The molecule has 0 spiro atoms. The zero-order chi connectivity index (χ0) is 19.8. The number of hydrogen-bond donors (Lipinski definition) is 1. The molecule has 0 bridgehead atoms. The molecule has 0 saturated carbocycles. The number of sulfonamides is 1. The molecular weight excluding hydrogens is 368 g/mol. The second-order valence-electron chi connectivity index (χ2n) is 7.63. The summed E-state index contributed by atoms with van der Waals surface area (Å²) >= 11 is 0. The summed E-state index contributed by atoms with van der Waals surface area (Å²) in [4.78, 5) is 26.0. The number of carbonyl (C=O) groups excluding carboxylic acids is 1. The zero-order valence-electron chi connectivity index (χ0n) is 15.7. The van der Waals surface area contributed by atoms with Crippen LogP contribution in [0.5, 0.6) is 0 Å².